The number of aromatic nitrogens is 2. The molecule has 0 unspecified atom stereocenters. The molecule has 1 aliphatic heterocycles. The lowest BCUT2D eigenvalue weighted by Crippen LogP contribution is -2.18. The third kappa shape index (κ3) is 15.7. The molecule has 4 aromatic rings. The van der Waals surface area contributed by atoms with E-state index in [1.54, 1.807) is 0 Å². The minimum Gasteiger partial charge on any atom is -0.481 e. The van der Waals surface area contributed by atoms with Crippen molar-refractivity contribution >= 4 is 17.7 Å². The van der Waals surface area contributed by atoms with E-state index < -0.39 is 5.97 Å². The van der Waals surface area contributed by atoms with Gasteiger partial charge in [-0.05, 0) is 68.2 Å². The summed E-state index contributed by atoms with van der Waals surface area (Å²) in [5.41, 5.74) is 3.91. The monoisotopic (exact) mass is 707 g/mol. The summed E-state index contributed by atoms with van der Waals surface area (Å²) in [5.74, 6) is 0.492. The first-order valence-electron chi connectivity index (χ1n) is 19.6. The lowest BCUT2D eigenvalue weighted by Gasteiger charge is -2.16. The number of hydrogen-bond donors (Lipinski definition) is 2. The number of hydrogen-bond acceptors (Lipinski definition) is 4. The second kappa shape index (κ2) is 24.6. The summed E-state index contributed by atoms with van der Waals surface area (Å²) in [5, 5.41) is 13.4. The zero-order chi connectivity index (χ0) is 35.8. The molecule has 0 bridgehead atoms. The minimum atomic E-state index is -0.664. The van der Waals surface area contributed by atoms with Crippen LogP contribution >= 0.6 is 11.8 Å². The Morgan fingerprint density at radius 1 is 0.804 bits per heavy atom. The fraction of sp³-hybridized carbons (Fsp3) is 0.467. The normalized spacial score (nSPS) is 14.2. The Morgan fingerprint density at radius 2 is 1.35 bits per heavy atom. The number of benzene rings is 3. The summed E-state index contributed by atoms with van der Waals surface area (Å²) < 4.78 is 2.34. The van der Waals surface area contributed by atoms with E-state index in [9.17, 15) is 4.79 Å². The zero-order valence-electron chi connectivity index (χ0n) is 30.9. The summed E-state index contributed by atoms with van der Waals surface area (Å²) in [6, 6.07) is 32.5. The number of carbonyl (C=O) groups is 1. The lowest BCUT2D eigenvalue weighted by molar-refractivity contribution is -0.137. The number of carboxylic acid groups (broad SMARTS) is 1. The van der Waals surface area contributed by atoms with Crippen molar-refractivity contribution in [3.8, 4) is 0 Å². The first-order valence-corrected chi connectivity index (χ1v) is 20.5. The molecule has 1 aromatic heterocycles. The van der Waals surface area contributed by atoms with Crippen molar-refractivity contribution in [2.75, 3.05) is 6.54 Å². The molecule has 1 aliphatic rings. The molecular formula is C45H61N3O2S. The van der Waals surface area contributed by atoms with Gasteiger partial charge in [-0.25, -0.2) is 4.98 Å². The van der Waals surface area contributed by atoms with E-state index in [1.165, 1.54) is 93.7 Å². The Morgan fingerprint density at radius 3 is 1.90 bits per heavy atom. The molecule has 0 radical (unpaired) electrons. The molecule has 1 fully saturated rings. The second-order valence-electron chi connectivity index (χ2n) is 13.7. The van der Waals surface area contributed by atoms with E-state index in [1.807, 2.05) is 11.8 Å². The predicted molar refractivity (Wildman–Crippen MR) is 215 cm³/mol. The maximum atomic E-state index is 10.3. The smallest absolute Gasteiger partial charge is 0.303 e. The number of thioether (sulfide) groups is 1. The summed E-state index contributed by atoms with van der Waals surface area (Å²) in [6.07, 6.45) is 25.8. The molecule has 0 amide bonds. The summed E-state index contributed by atoms with van der Waals surface area (Å²) in [6.45, 7) is 4.18. The average Bonchev–Trinajstić information content (AvgIpc) is 3.84. The number of aliphatic carboxylic acids is 1. The summed E-state index contributed by atoms with van der Waals surface area (Å²) >= 11 is 1.84. The molecule has 51 heavy (non-hydrogen) atoms. The fourth-order valence-electron chi connectivity index (χ4n) is 6.60. The van der Waals surface area contributed by atoms with Crippen LogP contribution in [0.25, 0.3) is 0 Å². The van der Waals surface area contributed by atoms with Crippen LogP contribution in [0, 0.1) is 0 Å². The predicted octanol–water partition coefficient (Wildman–Crippen LogP) is 12.3. The standard InChI is InChI=1S/C27H27N3S.C18H34O2/c1-4-11-21(12-5-1)19-30-20-25(29-27(30)24-17-10-18-28-24)31-26(22-13-6-2-7-14-22)23-15-8-3-9-16-23;1-2-3-4-5-6-7-8-9-10-11-12-13-14-15-16-17-18(19)20/h1-9,11-16,20,24,26,28H,10,17-19H2;9-10H,2-8,11-17H2,1H3,(H,19,20)/b;10-9-/t24-;/m0./s1. The molecule has 5 nitrogen and oxygen atoms in total. The number of nitrogens with one attached hydrogen (secondary N) is 1. The SMILES string of the molecule is CCCCCCCC/C=C\CCCCCCCC(=O)O.c1ccc(Cn2cc(SC(c3ccccc3)c3ccccc3)nc2[C@@H]2CCCN2)cc1. The summed E-state index contributed by atoms with van der Waals surface area (Å²) in [4.78, 5) is 15.5. The highest BCUT2D eigenvalue weighted by atomic mass is 32.2. The first-order chi connectivity index (χ1) is 25.1. The zero-order valence-corrected chi connectivity index (χ0v) is 31.7. The molecule has 6 heteroatoms. The quantitative estimate of drug-likeness (QED) is 0.0483. The van der Waals surface area contributed by atoms with Gasteiger partial charge in [-0.1, -0.05) is 173 Å². The van der Waals surface area contributed by atoms with Crippen LogP contribution in [-0.4, -0.2) is 27.2 Å². The molecule has 1 saturated heterocycles. The van der Waals surface area contributed by atoms with Gasteiger partial charge < -0.3 is 15.0 Å². The van der Waals surface area contributed by atoms with E-state index in [0.717, 1.165) is 43.2 Å². The van der Waals surface area contributed by atoms with E-state index >= 15 is 0 Å². The Hall–Kier alpha value is -3.61. The van der Waals surface area contributed by atoms with Crippen LogP contribution in [0.5, 0.6) is 0 Å². The highest BCUT2D eigenvalue weighted by Crippen LogP contribution is 2.40. The third-order valence-electron chi connectivity index (χ3n) is 9.45. The number of imidazole rings is 1. The van der Waals surface area contributed by atoms with Crippen LogP contribution in [0.1, 0.15) is 143 Å². The van der Waals surface area contributed by atoms with Crippen LogP contribution in [0.4, 0.5) is 0 Å². The van der Waals surface area contributed by atoms with Crippen LogP contribution in [0.3, 0.4) is 0 Å². The van der Waals surface area contributed by atoms with Crippen molar-refractivity contribution < 1.29 is 9.90 Å². The molecule has 0 saturated carbocycles. The van der Waals surface area contributed by atoms with Crippen molar-refractivity contribution in [3.63, 3.8) is 0 Å². The van der Waals surface area contributed by atoms with E-state index in [-0.39, 0.29) is 5.25 Å². The Balaban J connectivity index is 0.000000255. The largest absolute Gasteiger partial charge is 0.481 e. The second-order valence-corrected chi connectivity index (χ2v) is 14.9. The van der Waals surface area contributed by atoms with Gasteiger partial charge in [0, 0.05) is 19.2 Å². The topological polar surface area (TPSA) is 67.1 Å². The third-order valence-corrected chi connectivity index (χ3v) is 10.7. The first kappa shape index (κ1) is 40.2. The van der Waals surface area contributed by atoms with Crippen molar-refractivity contribution in [1.82, 2.24) is 14.9 Å². The average molecular weight is 708 g/mol. The van der Waals surface area contributed by atoms with Gasteiger partial charge in [0.05, 0.1) is 11.3 Å². The van der Waals surface area contributed by atoms with E-state index in [2.05, 4.69) is 126 Å². The Kier molecular flexibility index (Phi) is 19.3. The van der Waals surface area contributed by atoms with Crippen molar-refractivity contribution in [2.45, 2.75) is 133 Å². The Labute approximate surface area is 312 Å². The molecule has 0 spiro atoms. The van der Waals surface area contributed by atoms with Crippen molar-refractivity contribution in [1.29, 1.82) is 0 Å². The molecular weight excluding hydrogens is 647 g/mol. The number of allylic oxidation sites excluding steroid dienone is 2. The van der Waals surface area contributed by atoms with Gasteiger partial charge in [-0.2, -0.15) is 0 Å². The molecule has 1 atom stereocenters. The molecule has 3 aromatic carbocycles. The summed E-state index contributed by atoms with van der Waals surface area (Å²) in [7, 11) is 0. The maximum absolute atomic E-state index is 10.3. The molecule has 0 aliphatic carbocycles. The number of unbranched alkanes of at least 4 members (excludes halogenated alkanes) is 11. The number of carboxylic acids is 1. The fourth-order valence-corrected chi connectivity index (χ4v) is 7.77. The van der Waals surface area contributed by atoms with E-state index in [4.69, 9.17) is 10.1 Å². The van der Waals surface area contributed by atoms with Crippen LogP contribution < -0.4 is 5.32 Å². The number of nitrogens with zero attached hydrogens (tertiary/aromatic N) is 2. The molecule has 2 N–H and O–H groups in total. The molecule has 2 heterocycles. The number of rotatable bonds is 22. The van der Waals surface area contributed by atoms with Gasteiger partial charge in [0.15, 0.2) is 0 Å². The Bertz CT molecular complexity index is 1460. The van der Waals surface area contributed by atoms with Gasteiger partial charge in [0.25, 0.3) is 0 Å². The van der Waals surface area contributed by atoms with Crippen molar-refractivity contribution in [2.24, 2.45) is 0 Å². The minimum absolute atomic E-state index is 0.215. The van der Waals surface area contributed by atoms with Gasteiger partial charge in [-0.15, -0.1) is 0 Å². The highest BCUT2D eigenvalue weighted by molar-refractivity contribution is 7.99. The van der Waals surface area contributed by atoms with Crippen LogP contribution in [0.2, 0.25) is 0 Å². The van der Waals surface area contributed by atoms with Crippen molar-refractivity contribution in [3.05, 3.63) is 132 Å². The van der Waals surface area contributed by atoms with Gasteiger partial charge in [0.2, 0.25) is 0 Å². The van der Waals surface area contributed by atoms with Gasteiger partial charge in [-0.3, -0.25) is 4.79 Å². The van der Waals surface area contributed by atoms with E-state index in [0.29, 0.717) is 12.5 Å². The van der Waals surface area contributed by atoms with Gasteiger partial charge in [0.1, 0.15) is 10.9 Å². The van der Waals surface area contributed by atoms with Gasteiger partial charge >= 0.3 is 5.97 Å². The maximum Gasteiger partial charge on any atom is 0.303 e. The lowest BCUT2D eigenvalue weighted by atomic mass is 10.0. The molecule has 274 valence electrons. The van der Waals surface area contributed by atoms with Crippen LogP contribution in [-0.2, 0) is 11.3 Å². The van der Waals surface area contributed by atoms with Crippen LogP contribution in [0.15, 0.2) is 114 Å². The molecule has 5 rings (SSSR count). The highest BCUT2D eigenvalue weighted by Gasteiger charge is 2.24.